The van der Waals surface area contributed by atoms with E-state index in [0.717, 1.165) is 30.5 Å². The monoisotopic (exact) mass is 306 g/mol. The number of aryl methyl sites for hydroxylation is 1. The van der Waals surface area contributed by atoms with E-state index in [4.69, 9.17) is 28.9 Å². The van der Waals surface area contributed by atoms with Crippen LogP contribution in [0.5, 0.6) is 0 Å². The summed E-state index contributed by atoms with van der Waals surface area (Å²) in [6, 6.07) is 9.53. The molecule has 0 amide bonds. The van der Waals surface area contributed by atoms with Gasteiger partial charge in [-0.1, -0.05) is 29.3 Å². The second-order valence-corrected chi connectivity index (χ2v) is 6.15. The normalized spacial score (nSPS) is 19.4. The Kier molecular flexibility index (Phi) is 3.97. The van der Waals surface area contributed by atoms with Crippen molar-refractivity contribution in [3.05, 3.63) is 63.4 Å². The lowest BCUT2D eigenvalue weighted by atomic mass is 9.80. The van der Waals surface area contributed by atoms with Crippen LogP contribution < -0.4 is 5.73 Å². The molecule has 0 radical (unpaired) electrons. The van der Waals surface area contributed by atoms with Gasteiger partial charge in [0.1, 0.15) is 0 Å². The summed E-state index contributed by atoms with van der Waals surface area (Å²) >= 11 is 12.2. The van der Waals surface area contributed by atoms with Crippen molar-refractivity contribution in [1.29, 1.82) is 0 Å². The predicted octanol–water partition coefficient (Wildman–Crippen LogP) is 4.51. The van der Waals surface area contributed by atoms with Crippen molar-refractivity contribution >= 4 is 23.2 Å². The average molecular weight is 307 g/mol. The molecule has 4 heteroatoms. The fourth-order valence-electron chi connectivity index (χ4n) is 2.99. The predicted molar refractivity (Wildman–Crippen MR) is 83.3 cm³/mol. The molecule has 0 saturated heterocycles. The molecule has 2 atom stereocenters. The van der Waals surface area contributed by atoms with Crippen LogP contribution in [0, 0.1) is 0 Å². The van der Waals surface area contributed by atoms with Gasteiger partial charge in [-0.05, 0) is 54.7 Å². The zero-order valence-corrected chi connectivity index (χ0v) is 12.5. The van der Waals surface area contributed by atoms with Gasteiger partial charge in [-0.3, -0.25) is 4.98 Å². The molecule has 1 heterocycles. The molecule has 2 unspecified atom stereocenters. The van der Waals surface area contributed by atoms with Gasteiger partial charge in [-0.2, -0.15) is 0 Å². The molecule has 0 bridgehead atoms. The zero-order valence-electron chi connectivity index (χ0n) is 11.0. The number of hydrogen-bond acceptors (Lipinski definition) is 2. The first-order valence-corrected chi connectivity index (χ1v) is 7.56. The minimum atomic E-state index is -0.125. The molecule has 0 spiro atoms. The minimum Gasteiger partial charge on any atom is -0.323 e. The molecule has 20 heavy (non-hydrogen) atoms. The van der Waals surface area contributed by atoms with Crippen molar-refractivity contribution in [3.63, 3.8) is 0 Å². The van der Waals surface area contributed by atoms with Gasteiger partial charge < -0.3 is 5.73 Å². The maximum absolute atomic E-state index is 6.47. The molecule has 2 nitrogen and oxygen atoms in total. The van der Waals surface area contributed by atoms with Crippen LogP contribution in [0.1, 0.15) is 41.6 Å². The Morgan fingerprint density at radius 2 is 1.95 bits per heavy atom. The number of rotatable bonds is 2. The molecule has 1 aromatic carbocycles. The van der Waals surface area contributed by atoms with Gasteiger partial charge in [-0.15, -0.1) is 0 Å². The molecular formula is C16H16Cl2N2. The molecular weight excluding hydrogens is 291 g/mol. The summed E-state index contributed by atoms with van der Waals surface area (Å²) in [5.74, 6) is 0.231. The highest BCUT2D eigenvalue weighted by Crippen LogP contribution is 2.38. The first-order valence-electron chi connectivity index (χ1n) is 6.80. The molecule has 2 aromatic rings. The van der Waals surface area contributed by atoms with Gasteiger partial charge in [0.05, 0.1) is 0 Å². The van der Waals surface area contributed by atoms with Crippen molar-refractivity contribution in [2.24, 2.45) is 5.73 Å². The highest BCUT2D eigenvalue weighted by Gasteiger charge is 2.28. The molecule has 0 saturated carbocycles. The fraction of sp³-hybridized carbons (Fsp3) is 0.312. The van der Waals surface area contributed by atoms with E-state index in [1.165, 1.54) is 5.56 Å². The molecule has 3 rings (SSSR count). The van der Waals surface area contributed by atoms with Gasteiger partial charge in [0.25, 0.3) is 0 Å². The summed E-state index contributed by atoms with van der Waals surface area (Å²) < 4.78 is 0. The van der Waals surface area contributed by atoms with E-state index in [1.807, 2.05) is 24.4 Å². The summed E-state index contributed by atoms with van der Waals surface area (Å²) in [6.45, 7) is 0. The summed E-state index contributed by atoms with van der Waals surface area (Å²) in [6.07, 6.45) is 5.12. The maximum Gasteiger partial charge on any atom is 0.0485 e. The third kappa shape index (κ3) is 2.69. The lowest BCUT2D eigenvalue weighted by molar-refractivity contribution is 0.463. The largest absolute Gasteiger partial charge is 0.323 e. The lowest BCUT2D eigenvalue weighted by Gasteiger charge is -2.29. The Balaban J connectivity index is 1.97. The number of nitrogens with two attached hydrogens (primary N) is 1. The Bertz CT molecular complexity index is 607. The van der Waals surface area contributed by atoms with Crippen LogP contribution in [-0.2, 0) is 6.42 Å². The van der Waals surface area contributed by atoms with Crippen LogP contribution in [0.15, 0.2) is 36.5 Å². The highest BCUT2D eigenvalue weighted by atomic mass is 35.5. The number of benzene rings is 1. The van der Waals surface area contributed by atoms with Crippen LogP contribution in [0.4, 0.5) is 0 Å². The Labute approximate surface area is 128 Å². The Morgan fingerprint density at radius 1 is 1.20 bits per heavy atom. The van der Waals surface area contributed by atoms with E-state index < -0.39 is 0 Å². The SMILES string of the molecule is NC(c1cc(Cl)cc(Cl)c1)C1CCCc2cccnc21. The van der Waals surface area contributed by atoms with Crippen LogP contribution in [0.2, 0.25) is 10.0 Å². The van der Waals surface area contributed by atoms with E-state index in [2.05, 4.69) is 11.1 Å². The quantitative estimate of drug-likeness (QED) is 0.886. The zero-order chi connectivity index (χ0) is 14.1. The molecule has 1 aromatic heterocycles. The minimum absolute atomic E-state index is 0.125. The molecule has 1 aliphatic carbocycles. The molecule has 104 valence electrons. The van der Waals surface area contributed by atoms with E-state index >= 15 is 0 Å². The van der Waals surface area contributed by atoms with Crippen LogP contribution in [0.25, 0.3) is 0 Å². The summed E-state index contributed by atoms with van der Waals surface area (Å²) in [5, 5.41) is 1.25. The lowest BCUT2D eigenvalue weighted by Crippen LogP contribution is -2.24. The van der Waals surface area contributed by atoms with Gasteiger partial charge in [-0.25, -0.2) is 0 Å². The summed E-state index contributed by atoms with van der Waals surface area (Å²) in [7, 11) is 0. The molecule has 2 N–H and O–H groups in total. The van der Waals surface area contributed by atoms with Gasteiger partial charge >= 0.3 is 0 Å². The van der Waals surface area contributed by atoms with E-state index in [-0.39, 0.29) is 12.0 Å². The van der Waals surface area contributed by atoms with Crippen molar-refractivity contribution < 1.29 is 0 Å². The third-order valence-corrected chi connectivity index (χ3v) is 4.38. The van der Waals surface area contributed by atoms with Crippen molar-refractivity contribution in [2.75, 3.05) is 0 Å². The standard InChI is InChI=1S/C16H16Cl2N2/c17-12-7-11(8-13(18)9-12)15(19)14-5-1-3-10-4-2-6-20-16(10)14/h2,4,6-9,14-15H,1,3,5,19H2. The van der Waals surface area contributed by atoms with Crippen LogP contribution in [-0.4, -0.2) is 4.98 Å². The smallest absolute Gasteiger partial charge is 0.0485 e. The van der Waals surface area contributed by atoms with E-state index in [9.17, 15) is 0 Å². The van der Waals surface area contributed by atoms with Gasteiger partial charge in [0.2, 0.25) is 0 Å². The van der Waals surface area contributed by atoms with Crippen molar-refractivity contribution in [2.45, 2.75) is 31.2 Å². The number of hydrogen-bond donors (Lipinski definition) is 1. The van der Waals surface area contributed by atoms with Crippen LogP contribution in [0.3, 0.4) is 0 Å². The highest BCUT2D eigenvalue weighted by molar-refractivity contribution is 6.34. The maximum atomic E-state index is 6.47. The number of pyridine rings is 1. The number of aromatic nitrogens is 1. The number of halogens is 2. The third-order valence-electron chi connectivity index (χ3n) is 3.94. The second-order valence-electron chi connectivity index (χ2n) is 5.28. The second kappa shape index (κ2) is 5.72. The van der Waals surface area contributed by atoms with Gasteiger partial charge in [0, 0.05) is 33.9 Å². The molecule has 0 fully saturated rings. The topological polar surface area (TPSA) is 38.9 Å². The molecule has 1 aliphatic rings. The summed E-state index contributed by atoms with van der Waals surface area (Å²) in [5.41, 5.74) is 9.88. The number of fused-ring (bicyclic) bond motifs is 1. The van der Waals surface area contributed by atoms with Crippen LogP contribution >= 0.6 is 23.2 Å². The van der Waals surface area contributed by atoms with Crippen molar-refractivity contribution in [3.8, 4) is 0 Å². The van der Waals surface area contributed by atoms with Crippen molar-refractivity contribution in [1.82, 2.24) is 4.98 Å². The van der Waals surface area contributed by atoms with E-state index in [0.29, 0.717) is 10.0 Å². The summed E-state index contributed by atoms with van der Waals surface area (Å²) in [4.78, 5) is 4.55. The average Bonchev–Trinajstić information content (AvgIpc) is 2.45. The first-order chi connectivity index (χ1) is 9.65. The number of nitrogens with zero attached hydrogens (tertiary/aromatic N) is 1. The Morgan fingerprint density at radius 3 is 2.70 bits per heavy atom. The first kappa shape index (κ1) is 13.9. The Hall–Kier alpha value is -1.09. The molecule has 0 aliphatic heterocycles. The van der Waals surface area contributed by atoms with Gasteiger partial charge in [0.15, 0.2) is 0 Å². The fourth-order valence-corrected chi connectivity index (χ4v) is 3.54. The van der Waals surface area contributed by atoms with E-state index in [1.54, 1.807) is 6.07 Å².